The summed E-state index contributed by atoms with van der Waals surface area (Å²) < 4.78 is 6.97. The second-order valence-electron chi connectivity index (χ2n) is 7.15. The predicted octanol–water partition coefficient (Wildman–Crippen LogP) is 4.32. The Balaban J connectivity index is 1.97. The van der Waals surface area contributed by atoms with Crippen molar-refractivity contribution in [1.29, 1.82) is 0 Å². The van der Waals surface area contributed by atoms with Crippen LogP contribution in [0.2, 0.25) is 5.02 Å². The van der Waals surface area contributed by atoms with E-state index in [9.17, 15) is 4.79 Å². The van der Waals surface area contributed by atoms with Crippen LogP contribution in [0.5, 0.6) is 0 Å². The Hall–Kier alpha value is -2.99. The van der Waals surface area contributed by atoms with Crippen molar-refractivity contribution < 1.29 is 9.53 Å². The molecule has 2 unspecified atom stereocenters. The Morgan fingerprint density at radius 2 is 2.10 bits per heavy atom. The predicted molar refractivity (Wildman–Crippen MR) is 112 cm³/mol. The number of carbonyl (C=O) groups is 1. The number of rotatable bonds is 4. The van der Waals surface area contributed by atoms with Gasteiger partial charge in [-0.25, -0.2) is 4.98 Å². The molecule has 2 atom stereocenters. The summed E-state index contributed by atoms with van der Waals surface area (Å²) in [5, 5.41) is 0.618. The van der Waals surface area contributed by atoms with Gasteiger partial charge in [-0.05, 0) is 43.2 Å². The lowest BCUT2D eigenvalue weighted by Gasteiger charge is -2.19. The van der Waals surface area contributed by atoms with Crippen molar-refractivity contribution in [3.05, 3.63) is 76.6 Å². The Kier molecular flexibility index (Phi) is 5.20. The first-order valence-electron chi connectivity index (χ1n) is 9.40. The monoisotopic (exact) mass is 408 g/mol. The molecule has 1 aromatic carbocycles. The molecule has 0 radical (unpaired) electrons. The number of benzene rings is 1. The highest BCUT2D eigenvalue weighted by Gasteiger charge is 2.32. The van der Waals surface area contributed by atoms with Crippen molar-refractivity contribution in [3.63, 3.8) is 0 Å². The first-order valence-corrected chi connectivity index (χ1v) is 9.78. The fraction of sp³-hybridized carbons (Fsp3) is 0.273. The summed E-state index contributed by atoms with van der Waals surface area (Å²) in [5.74, 6) is 0.395. The third-order valence-electron chi connectivity index (χ3n) is 5.12. The molecular weight excluding hydrogens is 388 g/mol. The molecule has 0 aliphatic carbocycles. The molecule has 1 aliphatic heterocycles. The van der Waals surface area contributed by atoms with Crippen molar-refractivity contribution in [2.45, 2.75) is 26.3 Å². The molecule has 0 amide bonds. The molecule has 6 nitrogen and oxygen atoms in total. The van der Waals surface area contributed by atoms with E-state index in [0.29, 0.717) is 5.02 Å². The highest BCUT2D eigenvalue weighted by Crippen LogP contribution is 2.36. The van der Waals surface area contributed by atoms with E-state index < -0.39 is 0 Å². The number of nitrogens with zero attached hydrogens (tertiary/aromatic N) is 4. The fourth-order valence-corrected chi connectivity index (χ4v) is 3.86. The number of hydrogen-bond acceptors (Lipinski definition) is 5. The summed E-state index contributed by atoms with van der Waals surface area (Å²) in [6.07, 6.45) is 3.81. The maximum atomic E-state index is 12.0. The molecule has 2 aromatic heterocycles. The minimum atomic E-state index is -0.342. The third-order valence-corrected chi connectivity index (χ3v) is 5.35. The lowest BCUT2D eigenvalue weighted by molar-refractivity contribution is -0.141. The fourth-order valence-electron chi connectivity index (χ4n) is 3.68. The summed E-state index contributed by atoms with van der Waals surface area (Å²) in [6, 6.07) is 11.1. The van der Waals surface area contributed by atoms with Crippen LogP contribution in [-0.4, -0.2) is 33.3 Å². The lowest BCUT2D eigenvalue weighted by atomic mass is 9.97. The topological polar surface area (TPSA) is 69.4 Å². The van der Waals surface area contributed by atoms with Crippen molar-refractivity contribution >= 4 is 23.3 Å². The number of imidazole rings is 1. The third kappa shape index (κ3) is 3.56. The molecule has 1 aliphatic rings. The average molecular weight is 409 g/mol. The van der Waals surface area contributed by atoms with Gasteiger partial charge in [0.05, 0.1) is 30.6 Å². The molecule has 0 saturated carbocycles. The Morgan fingerprint density at radius 1 is 1.28 bits per heavy atom. The Bertz CT molecular complexity index is 1090. The van der Waals surface area contributed by atoms with E-state index >= 15 is 0 Å². The molecule has 4 rings (SSSR count). The summed E-state index contributed by atoms with van der Waals surface area (Å²) in [4.78, 5) is 26.2. The number of hydrogen-bond donors (Lipinski definition) is 0. The van der Waals surface area contributed by atoms with E-state index in [1.54, 1.807) is 6.20 Å². The number of carbonyl (C=O) groups excluding carboxylic acids is 1. The Labute approximate surface area is 174 Å². The van der Waals surface area contributed by atoms with Crippen LogP contribution in [-0.2, 0) is 9.53 Å². The van der Waals surface area contributed by atoms with Crippen LogP contribution in [0.15, 0.2) is 53.8 Å². The van der Waals surface area contributed by atoms with Gasteiger partial charge in [0, 0.05) is 28.7 Å². The van der Waals surface area contributed by atoms with E-state index in [0.717, 1.165) is 34.2 Å². The van der Waals surface area contributed by atoms with E-state index in [-0.39, 0.29) is 24.3 Å². The van der Waals surface area contributed by atoms with Crippen LogP contribution in [0, 0.1) is 12.8 Å². The van der Waals surface area contributed by atoms with Crippen molar-refractivity contribution in [2.75, 3.05) is 7.11 Å². The molecule has 0 bridgehead atoms. The van der Waals surface area contributed by atoms with Crippen LogP contribution in [0.1, 0.15) is 42.2 Å². The quantitative estimate of drug-likeness (QED) is 0.603. The zero-order chi connectivity index (χ0) is 20.5. The summed E-state index contributed by atoms with van der Waals surface area (Å²) >= 11 is 6.35. The summed E-state index contributed by atoms with van der Waals surface area (Å²) in [7, 11) is 1.40. The molecule has 0 spiro atoms. The van der Waals surface area contributed by atoms with Crippen molar-refractivity contribution in [1.82, 2.24) is 14.5 Å². The van der Waals surface area contributed by atoms with E-state index in [2.05, 4.69) is 14.5 Å². The second-order valence-corrected chi connectivity index (χ2v) is 7.59. The smallest absolute Gasteiger partial charge is 0.305 e. The van der Waals surface area contributed by atoms with Crippen molar-refractivity contribution in [2.24, 2.45) is 10.9 Å². The Morgan fingerprint density at radius 3 is 2.83 bits per heavy atom. The number of fused-ring (bicyclic) bond motifs is 3. The zero-order valence-corrected chi connectivity index (χ0v) is 17.2. The highest BCUT2D eigenvalue weighted by molar-refractivity contribution is 6.31. The van der Waals surface area contributed by atoms with Gasteiger partial charge >= 0.3 is 5.97 Å². The van der Waals surface area contributed by atoms with Crippen LogP contribution < -0.4 is 0 Å². The van der Waals surface area contributed by atoms with E-state index in [4.69, 9.17) is 21.3 Å². The van der Waals surface area contributed by atoms with Crippen molar-refractivity contribution in [3.8, 4) is 5.69 Å². The number of esters is 1. The standard InChI is InChI=1S/C22H21ClN4O2/c1-13(10-19(28)29-3)20-22-25-12-14(2)27(22)18-8-7-15(23)11-16(18)21(26-20)17-6-4-5-9-24-17/h4-9,11-13,20H,10H2,1-3H3. The number of aromatic nitrogens is 3. The minimum absolute atomic E-state index is 0.119. The molecule has 7 heteroatoms. The van der Waals surface area contributed by atoms with Gasteiger partial charge in [-0.3, -0.25) is 19.3 Å². The molecular formula is C22H21ClN4O2. The molecule has 0 saturated heterocycles. The average Bonchev–Trinajstić information content (AvgIpc) is 3.03. The molecule has 148 valence electrons. The van der Waals surface area contributed by atoms with Gasteiger partial charge in [0.2, 0.25) is 0 Å². The zero-order valence-electron chi connectivity index (χ0n) is 16.5. The maximum Gasteiger partial charge on any atom is 0.305 e. The first-order chi connectivity index (χ1) is 14.0. The second kappa shape index (κ2) is 7.79. The molecule has 0 fully saturated rings. The number of aliphatic imine (C=N–C) groups is 1. The SMILES string of the molecule is COC(=O)CC(C)C1N=C(c2ccccn2)c2cc(Cl)ccc2-n2c(C)cnc21. The number of methoxy groups -OCH3 is 1. The van der Waals surface area contributed by atoms with Crippen LogP contribution >= 0.6 is 11.6 Å². The van der Waals surface area contributed by atoms with Gasteiger partial charge in [-0.1, -0.05) is 24.6 Å². The summed E-state index contributed by atoms with van der Waals surface area (Å²) in [6.45, 7) is 3.99. The number of ether oxygens (including phenoxy) is 1. The molecule has 3 heterocycles. The normalized spacial score (nSPS) is 16.3. The van der Waals surface area contributed by atoms with Gasteiger partial charge < -0.3 is 4.74 Å². The lowest BCUT2D eigenvalue weighted by Crippen LogP contribution is -2.17. The van der Waals surface area contributed by atoms with Crippen LogP contribution in [0.3, 0.4) is 0 Å². The van der Waals surface area contributed by atoms with Gasteiger partial charge in [0.15, 0.2) is 0 Å². The summed E-state index contributed by atoms with van der Waals surface area (Å²) in [5.41, 5.74) is 4.28. The van der Waals surface area contributed by atoms with Gasteiger partial charge in [0.25, 0.3) is 0 Å². The number of pyridine rings is 1. The minimum Gasteiger partial charge on any atom is -0.469 e. The van der Waals surface area contributed by atoms with Gasteiger partial charge in [-0.15, -0.1) is 0 Å². The highest BCUT2D eigenvalue weighted by atomic mass is 35.5. The largest absolute Gasteiger partial charge is 0.469 e. The molecule has 3 aromatic rings. The number of halogens is 1. The molecule has 0 N–H and O–H groups in total. The van der Waals surface area contributed by atoms with Gasteiger partial charge in [-0.2, -0.15) is 0 Å². The van der Waals surface area contributed by atoms with E-state index in [1.165, 1.54) is 7.11 Å². The van der Waals surface area contributed by atoms with E-state index in [1.807, 2.05) is 56.4 Å². The van der Waals surface area contributed by atoms with Gasteiger partial charge in [0.1, 0.15) is 11.9 Å². The van der Waals surface area contributed by atoms with Crippen LogP contribution in [0.25, 0.3) is 5.69 Å². The first kappa shape index (κ1) is 19.3. The maximum absolute atomic E-state index is 12.0. The number of aryl methyl sites for hydroxylation is 1. The molecule has 29 heavy (non-hydrogen) atoms. The van der Waals surface area contributed by atoms with Crippen LogP contribution in [0.4, 0.5) is 0 Å².